The lowest BCUT2D eigenvalue weighted by Crippen LogP contribution is -2.44. The molecule has 0 bridgehead atoms. The van der Waals surface area contributed by atoms with Gasteiger partial charge in [-0.1, -0.05) is 0 Å². The molecule has 2 N–H and O–H groups in total. The van der Waals surface area contributed by atoms with E-state index in [2.05, 4.69) is 15.9 Å². The fourth-order valence-electron chi connectivity index (χ4n) is 2.78. The Labute approximate surface area is 127 Å². The fraction of sp³-hybridized carbons (Fsp3) is 0.533. The Morgan fingerprint density at radius 1 is 1.40 bits per heavy atom. The normalized spacial score (nSPS) is 22.6. The molecule has 0 spiro atoms. The van der Waals surface area contributed by atoms with Crippen LogP contribution in [0.3, 0.4) is 0 Å². The molecule has 1 amide bonds. The van der Waals surface area contributed by atoms with Crippen molar-refractivity contribution < 1.29 is 9.18 Å². The largest absolute Gasteiger partial charge is 0.336 e. The summed E-state index contributed by atoms with van der Waals surface area (Å²) in [5, 5.41) is 0. The summed E-state index contributed by atoms with van der Waals surface area (Å²) < 4.78 is 13.6. The minimum absolute atomic E-state index is 0.0336. The summed E-state index contributed by atoms with van der Waals surface area (Å²) in [5.41, 5.74) is 6.43. The van der Waals surface area contributed by atoms with Crippen LogP contribution in [0.25, 0.3) is 0 Å². The predicted molar refractivity (Wildman–Crippen MR) is 81.0 cm³/mol. The summed E-state index contributed by atoms with van der Waals surface area (Å²) >= 11 is 3.13. The van der Waals surface area contributed by atoms with Crippen LogP contribution in [0.5, 0.6) is 0 Å². The number of amides is 1. The summed E-state index contributed by atoms with van der Waals surface area (Å²) in [4.78, 5) is 14.5. The molecule has 0 unspecified atom stereocenters. The summed E-state index contributed by atoms with van der Waals surface area (Å²) in [6, 6.07) is 4.92. The van der Waals surface area contributed by atoms with Crippen LogP contribution in [0.2, 0.25) is 0 Å². The van der Waals surface area contributed by atoms with Crippen molar-refractivity contribution in [2.45, 2.75) is 44.7 Å². The van der Waals surface area contributed by atoms with Crippen LogP contribution in [-0.2, 0) is 0 Å². The Kier molecular flexibility index (Phi) is 5.16. The van der Waals surface area contributed by atoms with Crippen LogP contribution in [0, 0.1) is 5.82 Å². The molecular formula is C15H20BrFN2O. The van der Waals surface area contributed by atoms with Gasteiger partial charge in [0, 0.05) is 24.2 Å². The molecule has 2 rings (SSSR count). The molecule has 20 heavy (non-hydrogen) atoms. The molecule has 1 aliphatic carbocycles. The third-order valence-corrected chi connectivity index (χ3v) is 4.56. The van der Waals surface area contributed by atoms with E-state index in [1.807, 2.05) is 11.8 Å². The second-order valence-corrected chi connectivity index (χ2v) is 6.14. The Morgan fingerprint density at radius 3 is 2.60 bits per heavy atom. The average Bonchev–Trinajstić information content (AvgIpc) is 2.44. The van der Waals surface area contributed by atoms with Gasteiger partial charge in [-0.15, -0.1) is 0 Å². The molecule has 0 atom stereocenters. The maximum Gasteiger partial charge on any atom is 0.254 e. The van der Waals surface area contributed by atoms with Gasteiger partial charge in [-0.2, -0.15) is 0 Å². The van der Waals surface area contributed by atoms with Crippen LogP contribution in [0.1, 0.15) is 43.0 Å². The first-order chi connectivity index (χ1) is 9.52. The maximum atomic E-state index is 13.3. The monoisotopic (exact) mass is 342 g/mol. The van der Waals surface area contributed by atoms with Gasteiger partial charge in [0.1, 0.15) is 5.82 Å². The van der Waals surface area contributed by atoms with Gasteiger partial charge in [0.05, 0.1) is 4.47 Å². The number of benzene rings is 1. The van der Waals surface area contributed by atoms with E-state index in [0.717, 1.165) is 25.7 Å². The molecular weight excluding hydrogens is 323 g/mol. The number of nitrogens with zero attached hydrogens (tertiary/aromatic N) is 1. The molecule has 1 aliphatic rings. The summed E-state index contributed by atoms with van der Waals surface area (Å²) in [5.74, 6) is -0.387. The van der Waals surface area contributed by atoms with Gasteiger partial charge in [-0.25, -0.2) is 4.39 Å². The number of halogens is 2. The van der Waals surface area contributed by atoms with Crippen molar-refractivity contribution >= 4 is 21.8 Å². The Bertz CT molecular complexity index is 487. The summed E-state index contributed by atoms with van der Waals surface area (Å²) in [6.07, 6.45) is 3.81. The van der Waals surface area contributed by atoms with E-state index in [1.54, 1.807) is 12.1 Å². The smallest absolute Gasteiger partial charge is 0.254 e. The van der Waals surface area contributed by atoms with Gasteiger partial charge in [0.25, 0.3) is 5.91 Å². The van der Waals surface area contributed by atoms with E-state index in [-0.39, 0.29) is 23.8 Å². The molecule has 1 aromatic carbocycles. The average molecular weight is 343 g/mol. The molecule has 0 aliphatic heterocycles. The predicted octanol–water partition coefficient (Wildman–Crippen LogP) is 3.32. The molecule has 3 nitrogen and oxygen atoms in total. The summed E-state index contributed by atoms with van der Waals surface area (Å²) in [7, 11) is 0. The SMILES string of the molecule is CCN(C(=O)c1ccc(F)c(Br)c1)C1CCC(N)CC1. The second-order valence-electron chi connectivity index (χ2n) is 5.29. The molecule has 1 aromatic rings. The number of carbonyl (C=O) groups excluding carboxylic acids is 1. The lowest BCUT2D eigenvalue weighted by atomic mass is 9.90. The Morgan fingerprint density at radius 2 is 2.05 bits per heavy atom. The van der Waals surface area contributed by atoms with Gasteiger partial charge in [-0.05, 0) is 66.7 Å². The molecule has 5 heteroatoms. The molecule has 0 aromatic heterocycles. The van der Waals surface area contributed by atoms with Crippen molar-refractivity contribution in [1.82, 2.24) is 4.90 Å². The first-order valence-electron chi connectivity index (χ1n) is 7.04. The molecule has 0 saturated heterocycles. The van der Waals surface area contributed by atoms with Crippen LogP contribution >= 0.6 is 15.9 Å². The van der Waals surface area contributed by atoms with Crippen molar-refractivity contribution in [2.75, 3.05) is 6.54 Å². The highest BCUT2D eigenvalue weighted by atomic mass is 79.9. The number of hydrogen-bond acceptors (Lipinski definition) is 2. The topological polar surface area (TPSA) is 46.3 Å². The van der Waals surface area contributed by atoms with E-state index in [4.69, 9.17) is 5.73 Å². The number of carbonyl (C=O) groups is 1. The highest BCUT2D eigenvalue weighted by molar-refractivity contribution is 9.10. The van der Waals surface area contributed by atoms with Crippen molar-refractivity contribution in [3.05, 3.63) is 34.1 Å². The first kappa shape index (κ1) is 15.4. The van der Waals surface area contributed by atoms with Gasteiger partial charge < -0.3 is 10.6 Å². The van der Waals surface area contributed by atoms with E-state index >= 15 is 0 Å². The number of rotatable bonds is 3. The number of hydrogen-bond donors (Lipinski definition) is 1. The Hall–Kier alpha value is -0.940. The van der Waals surface area contributed by atoms with E-state index in [0.29, 0.717) is 16.6 Å². The highest BCUT2D eigenvalue weighted by Gasteiger charge is 2.27. The third-order valence-electron chi connectivity index (χ3n) is 3.95. The quantitative estimate of drug-likeness (QED) is 0.915. The van der Waals surface area contributed by atoms with Gasteiger partial charge >= 0.3 is 0 Å². The van der Waals surface area contributed by atoms with E-state index < -0.39 is 0 Å². The fourth-order valence-corrected chi connectivity index (χ4v) is 3.15. The van der Waals surface area contributed by atoms with Gasteiger partial charge in [-0.3, -0.25) is 4.79 Å². The Balaban J connectivity index is 2.14. The standard InChI is InChI=1S/C15H20BrFN2O/c1-2-19(12-6-4-11(18)5-7-12)15(20)10-3-8-14(17)13(16)9-10/h3,8-9,11-12H,2,4-7,18H2,1H3. The second kappa shape index (κ2) is 6.68. The molecule has 0 radical (unpaired) electrons. The zero-order valence-electron chi connectivity index (χ0n) is 11.6. The van der Waals surface area contributed by atoms with Crippen LogP contribution in [0.4, 0.5) is 4.39 Å². The van der Waals surface area contributed by atoms with Crippen LogP contribution < -0.4 is 5.73 Å². The van der Waals surface area contributed by atoms with Crippen molar-refractivity contribution in [2.24, 2.45) is 5.73 Å². The van der Waals surface area contributed by atoms with E-state index in [9.17, 15) is 9.18 Å². The zero-order chi connectivity index (χ0) is 14.7. The van der Waals surface area contributed by atoms with Crippen LogP contribution in [-0.4, -0.2) is 29.4 Å². The van der Waals surface area contributed by atoms with Crippen molar-refractivity contribution in [1.29, 1.82) is 0 Å². The van der Waals surface area contributed by atoms with Crippen molar-refractivity contribution in [3.8, 4) is 0 Å². The molecule has 0 heterocycles. The molecule has 110 valence electrons. The molecule has 1 fully saturated rings. The third kappa shape index (κ3) is 3.38. The number of nitrogens with two attached hydrogens (primary N) is 1. The van der Waals surface area contributed by atoms with E-state index in [1.165, 1.54) is 6.07 Å². The maximum absolute atomic E-state index is 13.3. The molecule has 1 saturated carbocycles. The highest BCUT2D eigenvalue weighted by Crippen LogP contribution is 2.24. The lowest BCUT2D eigenvalue weighted by molar-refractivity contribution is 0.0640. The van der Waals surface area contributed by atoms with Crippen LogP contribution in [0.15, 0.2) is 22.7 Å². The lowest BCUT2D eigenvalue weighted by Gasteiger charge is -2.35. The first-order valence-corrected chi connectivity index (χ1v) is 7.83. The van der Waals surface area contributed by atoms with Gasteiger partial charge in [0.2, 0.25) is 0 Å². The minimum atomic E-state index is -0.353. The summed E-state index contributed by atoms with van der Waals surface area (Å²) in [6.45, 7) is 2.64. The van der Waals surface area contributed by atoms with Crippen molar-refractivity contribution in [3.63, 3.8) is 0 Å². The minimum Gasteiger partial charge on any atom is -0.336 e. The zero-order valence-corrected chi connectivity index (χ0v) is 13.2. The van der Waals surface area contributed by atoms with Gasteiger partial charge in [0.15, 0.2) is 0 Å².